The third kappa shape index (κ3) is 2.62. The molecule has 1 aromatic rings. The molecule has 0 bridgehead atoms. The zero-order valence-electron chi connectivity index (χ0n) is 10.6. The fourth-order valence-corrected chi connectivity index (χ4v) is 2.46. The minimum atomic E-state index is 0.519. The molecule has 1 aliphatic carbocycles. The second-order valence-electron chi connectivity index (χ2n) is 4.67. The molecule has 1 aromatic heterocycles. The molecule has 0 saturated heterocycles. The lowest BCUT2D eigenvalue weighted by molar-refractivity contribution is 0.396. The van der Waals surface area contributed by atoms with E-state index in [0.29, 0.717) is 17.6 Å². The van der Waals surface area contributed by atoms with Crippen molar-refractivity contribution in [2.75, 3.05) is 24.8 Å². The minimum Gasteiger partial charge on any atom is -0.479 e. The highest BCUT2D eigenvalue weighted by Crippen LogP contribution is 2.27. The molecule has 1 heterocycles. The zero-order valence-corrected chi connectivity index (χ0v) is 10.6. The molecule has 94 valence electrons. The van der Waals surface area contributed by atoms with Crippen molar-refractivity contribution >= 4 is 11.5 Å². The molecule has 0 spiro atoms. The van der Waals surface area contributed by atoms with Gasteiger partial charge in [-0.3, -0.25) is 0 Å². The number of aromatic nitrogens is 1. The maximum absolute atomic E-state index is 5.77. The Balaban J connectivity index is 2.15. The van der Waals surface area contributed by atoms with Crippen LogP contribution in [0, 0.1) is 0 Å². The van der Waals surface area contributed by atoms with Gasteiger partial charge in [-0.05, 0) is 25.0 Å². The van der Waals surface area contributed by atoms with Gasteiger partial charge in [0, 0.05) is 13.1 Å². The van der Waals surface area contributed by atoms with Crippen molar-refractivity contribution in [3.05, 3.63) is 12.1 Å². The highest BCUT2D eigenvalue weighted by Gasteiger charge is 2.19. The van der Waals surface area contributed by atoms with Gasteiger partial charge in [-0.2, -0.15) is 4.98 Å². The molecule has 0 aromatic carbocycles. The molecular weight excluding hydrogens is 214 g/mol. The van der Waals surface area contributed by atoms with Crippen molar-refractivity contribution in [3.8, 4) is 5.88 Å². The molecule has 0 amide bonds. The van der Waals surface area contributed by atoms with Crippen LogP contribution in [0.5, 0.6) is 5.88 Å². The summed E-state index contributed by atoms with van der Waals surface area (Å²) in [7, 11) is 3.71. The lowest BCUT2D eigenvalue weighted by atomic mass is 9.94. The molecule has 0 aliphatic heterocycles. The van der Waals surface area contributed by atoms with Crippen molar-refractivity contribution < 1.29 is 4.74 Å². The van der Waals surface area contributed by atoms with Gasteiger partial charge in [-0.15, -0.1) is 0 Å². The lowest BCUT2D eigenvalue weighted by Crippen LogP contribution is -2.33. The number of pyridine rings is 1. The summed E-state index contributed by atoms with van der Waals surface area (Å²) in [6.45, 7) is 0. The standard InChI is InChI=1S/C13H21N3O/c1-16(10-6-4-3-5-7-10)12-9-8-11(14)13(15-12)17-2/h8-10H,3-7,14H2,1-2H3. The van der Waals surface area contributed by atoms with Crippen molar-refractivity contribution in [1.29, 1.82) is 0 Å². The van der Waals surface area contributed by atoms with Crippen LogP contribution < -0.4 is 15.4 Å². The summed E-state index contributed by atoms with van der Waals surface area (Å²) >= 11 is 0. The molecule has 2 rings (SSSR count). The molecular formula is C13H21N3O. The Morgan fingerprint density at radius 2 is 2.00 bits per heavy atom. The Hall–Kier alpha value is -1.45. The van der Waals surface area contributed by atoms with E-state index in [0.717, 1.165) is 5.82 Å². The summed E-state index contributed by atoms with van der Waals surface area (Å²) in [6.07, 6.45) is 6.51. The first-order chi connectivity index (χ1) is 8.22. The van der Waals surface area contributed by atoms with Crippen LogP contribution in [-0.2, 0) is 0 Å². The quantitative estimate of drug-likeness (QED) is 0.874. The molecule has 1 fully saturated rings. The van der Waals surface area contributed by atoms with Crippen LogP contribution in [0.4, 0.5) is 11.5 Å². The van der Waals surface area contributed by atoms with E-state index < -0.39 is 0 Å². The van der Waals surface area contributed by atoms with Crippen molar-refractivity contribution in [2.45, 2.75) is 38.1 Å². The van der Waals surface area contributed by atoms with Crippen LogP contribution in [0.2, 0.25) is 0 Å². The number of nitrogens with zero attached hydrogens (tertiary/aromatic N) is 2. The third-order valence-electron chi connectivity index (χ3n) is 3.55. The van der Waals surface area contributed by atoms with Crippen LogP contribution in [-0.4, -0.2) is 25.2 Å². The van der Waals surface area contributed by atoms with Crippen LogP contribution >= 0.6 is 0 Å². The lowest BCUT2D eigenvalue weighted by Gasteiger charge is -2.32. The summed E-state index contributed by atoms with van der Waals surface area (Å²) in [5.74, 6) is 1.47. The van der Waals surface area contributed by atoms with Gasteiger partial charge in [0.2, 0.25) is 5.88 Å². The SMILES string of the molecule is COc1nc(N(C)C2CCCCC2)ccc1N. The minimum absolute atomic E-state index is 0.519. The monoisotopic (exact) mass is 235 g/mol. The Kier molecular flexibility index (Phi) is 3.71. The summed E-state index contributed by atoms with van der Waals surface area (Å²) < 4.78 is 5.16. The summed E-state index contributed by atoms with van der Waals surface area (Å²) in [4.78, 5) is 6.70. The number of rotatable bonds is 3. The average molecular weight is 235 g/mol. The highest BCUT2D eigenvalue weighted by molar-refractivity contribution is 5.54. The summed E-state index contributed by atoms with van der Waals surface area (Å²) in [6, 6.07) is 4.43. The first-order valence-corrected chi connectivity index (χ1v) is 6.25. The summed E-state index contributed by atoms with van der Waals surface area (Å²) in [5, 5.41) is 0. The van der Waals surface area contributed by atoms with E-state index in [-0.39, 0.29) is 0 Å². The smallest absolute Gasteiger partial charge is 0.238 e. The maximum Gasteiger partial charge on any atom is 0.238 e. The largest absolute Gasteiger partial charge is 0.479 e. The number of anilines is 2. The predicted molar refractivity (Wildman–Crippen MR) is 70.5 cm³/mol. The highest BCUT2D eigenvalue weighted by atomic mass is 16.5. The van der Waals surface area contributed by atoms with Gasteiger partial charge in [0.15, 0.2) is 0 Å². The van der Waals surface area contributed by atoms with E-state index in [1.54, 1.807) is 7.11 Å². The van der Waals surface area contributed by atoms with E-state index in [1.807, 2.05) is 12.1 Å². The maximum atomic E-state index is 5.77. The van der Waals surface area contributed by atoms with Crippen molar-refractivity contribution in [1.82, 2.24) is 4.98 Å². The van der Waals surface area contributed by atoms with Crippen LogP contribution in [0.25, 0.3) is 0 Å². The van der Waals surface area contributed by atoms with Gasteiger partial charge < -0.3 is 15.4 Å². The molecule has 17 heavy (non-hydrogen) atoms. The van der Waals surface area contributed by atoms with Crippen LogP contribution in [0.3, 0.4) is 0 Å². The molecule has 2 N–H and O–H groups in total. The van der Waals surface area contributed by atoms with Gasteiger partial charge in [0.05, 0.1) is 12.8 Å². The second kappa shape index (κ2) is 5.25. The number of nitrogens with two attached hydrogens (primary N) is 1. The van der Waals surface area contributed by atoms with Gasteiger partial charge in [0.25, 0.3) is 0 Å². The molecule has 4 nitrogen and oxygen atoms in total. The molecule has 1 aliphatic rings. The van der Waals surface area contributed by atoms with Gasteiger partial charge in [-0.1, -0.05) is 19.3 Å². The van der Waals surface area contributed by atoms with E-state index in [1.165, 1.54) is 32.1 Å². The van der Waals surface area contributed by atoms with Gasteiger partial charge in [0.1, 0.15) is 5.82 Å². The van der Waals surface area contributed by atoms with E-state index in [4.69, 9.17) is 10.5 Å². The Morgan fingerprint density at radius 3 is 2.65 bits per heavy atom. The van der Waals surface area contributed by atoms with Crippen LogP contribution in [0.1, 0.15) is 32.1 Å². The second-order valence-corrected chi connectivity index (χ2v) is 4.67. The molecule has 0 unspecified atom stereocenters. The fraction of sp³-hybridized carbons (Fsp3) is 0.615. The Bertz CT molecular complexity index is 375. The first kappa shape index (κ1) is 12.0. The van der Waals surface area contributed by atoms with Gasteiger partial charge >= 0.3 is 0 Å². The number of ether oxygens (including phenoxy) is 1. The number of nitrogen functional groups attached to an aromatic ring is 1. The number of hydrogen-bond acceptors (Lipinski definition) is 4. The fourth-order valence-electron chi connectivity index (χ4n) is 2.46. The van der Waals surface area contributed by atoms with Crippen molar-refractivity contribution in [2.24, 2.45) is 0 Å². The van der Waals surface area contributed by atoms with Gasteiger partial charge in [-0.25, -0.2) is 0 Å². The third-order valence-corrected chi connectivity index (χ3v) is 3.55. The van der Waals surface area contributed by atoms with Crippen LogP contribution in [0.15, 0.2) is 12.1 Å². The molecule has 1 saturated carbocycles. The molecule has 0 atom stereocenters. The van der Waals surface area contributed by atoms with E-state index in [2.05, 4.69) is 16.9 Å². The Labute approximate surface area is 103 Å². The predicted octanol–water partition coefficient (Wildman–Crippen LogP) is 2.44. The molecule has 0 radical (unpaired) electrons. The molecule has 4 heteroatoms. The number of hydrogen-bond donors (Lipinski definition) is 1. The van der Waals surface area contributed by atoms with E-state index >= 15 is 0 Å². The average Bonchev–Trinajstić information content (AvgIpc) is 2.39. The topological polar surface area (TPSA) is 51.4 Å². The van der Waals surface area contributed by atoms with Crippen molar-refractivity contribution in [3.63, 3.8) is 0 Å². The normalized spacial score (nSPS) is 16.8. The number of methoxy groups -OCH3 is 1. The van der Waals surface area contributed by atoms with E-state index in [9.17, 15) is 0 Å². The zero-order chi connectivity index (χ0) is 12.3. The first-order valence-electron chi connectivity index (χ1n) is 6.25. The summed E-state index contributed by atoms with van der Waals surface area (Å²) in [5.41, 5.74) is 6.36. The Morgan fingerprint density at radius 1 is 1.29 bits per heavy atom.